The van der Waals surface area contributed by atoms with Gasteiger partial charge in [-0.2, -0.15) is 0 Å². The Morgan fingerprint density at radius 3 is 2.69 bits per heavy atom. The van der Waals surface area contributed by atoms with E-state index in [2.05, 4.69) is 33.4 Å². The third-order valence-electron chi connectivity index (χ3n) is 7.77. The van der Waals surface area contributed by atoms with E-state index in [9.17, 15) is 8.78 Å². The summed E-state index contributed by atoms with van der Waals surface area (Å²) in [6, 6.07) is 0.159. The van der Waals surface area contributed by atoms with Gasteiger partial charge in [-0.25, -0.2) is 8.78 Å². The first-order chi connectivity index (χ1) is 15.6. The first-order valence-electron chi connectivity index (χ1n) is 12.3. The first-order valence-corrected chi connectivity index (χ1v) is 12.7. The molecule has 3 aliphatic carbocycles. The van der Waals surface area contributed by atoms with Gasteiger partial charge >= 0.3 is 0 Å². The number of hydrogen-bond acceptors (Lipinski definition) is 4. The Balaban J connectivity index is 1.36. The highest BCUT2D eigenvalue weighted by Crippen LogP contribution is 2.40. The van der Waals surface area contributed by atoms with Gasteiger partial charge in [-0.05, 0) is 75.0 Å². The van der Waals surface area contributed by atoms with E-state index in [1.54, 1.807) is 0 Å². The minimum absolute atomic E-state index is 0.0376. The molecule has 0 aromatic rings. The topological polar surface area (TPSA) is 48.1 Å². The van der Waals surface area contributed by atoms with Gasteiger partial charge < -0.3 is 10.6 Å². The Kier molecular flexibility index (Phi) is 7.03. The fraction of sp³-hybridized carbons (Fsp3) is 0.680. The zero-order valence-electron chi connectivity index (χ0n) is 18.7. The second-order valence-electron chi connectivity index (χ2n) is 9.93. The van der Waals surface area contributed by atoms with E-state index in [0.29, 0.717) is 36.6 Å². The SMILES string of the molecule is FC1=C(Cl)C[C@@H](N[C@H]2N[C@@H](C3=CCCNC3)NC3=C2C[C@H](C2=CC[C@H](F)CC2)CC3)CC1. The zero-order chi connectivity index (χ0) is 22.1. The third-order valence-corrected chi connectivity index (χ3v) is 8.13. The summed E-state index contributed by atoms with van der Waals surface area (Å²) < 4.78 is 27.5. The molecule has 0 amide bonds. The van der Waals surface area contributed by atoms with Gasteiger partial charge in [-0.15, -0.1) is 0 Å². The molecule has 0 fully saturated rings. The van der Waals surface area contributed by atoms with E-state index in [1.165, 1.54) is 22.4 Å². The molecular weight excluding hydrogens is 430 g/mol. The Labute approximate surface area is 195 Å². The maximum atomic E-state index is 13.8. The maximum absolute atomic E-state index is 13.8. The van der Waals surface area contributed by atoms with Crippen LogP contribution in [0.3, 0.4) is 0 Å². The van der Waals surface area contributed by atoms with Crippen LogP contribution in [0.1, 0.15) is 64.2 Å². The van der Waals surface area contributed by atoms with Gasteiger partial charge in [-0.3, -0.25) is 10.6 Å². The van der Waals surface area contributed by atoms with Crippen molar-refractivity contribution in [1.82, 2.24) is 21.3 Å². The highest BCUT2D eigenvalue weighted by atomic mass is 35.5. The van der Waals surface area contributed by atoms with Crippen molar-refractivity contribution in [3.63, 3.8) is 0 Å². The Bertz CT molecular complexity index is 849. The predicted molar refractivity (Wildman–Crippen MR) is 125 cm³/mol. The number of hydrogen-bond donors (Lipinski definition) is 4. The molecule has 4 nitrogen and oxygen atoms in total. The largest absolute Gasteiger partial charge is 0.370 e. The quantitative estimate of drug-likeness (QED) is 0.451. The Morgan fingerprint density at radius 2 is 1.94 bits per heavy atom. The van der Waals surface area contributed by atoms with Crippen molar-refractivity contribution in [2.45, 2.75) is 88.8 Å². The summed E-state index contributed by atoms with van der Waals surface area (Å²) in [5, 5.41) is 15.2. The molecule has 0 saturated heterocycles. The van der Waals surface area contributed by atoms with Crippen LogP contribution in [-0.2, 0) is 0 Å². The molecule has 4 N–H and O–H groups in total. The van der Waals surface area contributed by atoms with Gasteiger partial charge in [0, 0.05) is 31.1 Å². The average Bonchev–Trinajstić information content (AvgIpc) is 2.82. The first kappa shape index (κ1) is 22.6. The van der Waals surface area contributed by atoms with Crippen LogP contribution in [0, 0.1) is 5.92 Å². The van der Waals surface area contributed by atoms with Crippen LogP contribution in [0.15, 0.2) is 45.4 Å². The van der Waals surface area contributed by atoms with Gasteiger partial charge in [0.1, 0.15) is 18.2 Å². The normalized spacial score (nSPS) is 36.3. The van der Waals surface area contributed by atoms with Crippen LogP contribution >= 0.6 is 11.6 Å². The highest BCUT2D eigenvalue weighted by molar-refractivity contribution is 6.29. The van der Waals surface area contributed by atoms with Crippen molar-refractivity contribution in [2.75, 3.05) is 13.1 Å². The van der Waals surface area contributed by atoms with Gasteiger partial charge in [0.25, 0.3) is 0 Å². The molecule has 7 heteroatoms. The summed E-state index contributed by atoms with van der Waals surface area (Å²) in [4.78, 5) is 0. The molecule has 0 unspecified atom stereocenters. The van der Waals surface area contributed by atoms with Gasteiger partial charge in [0.15, 0.2) is 0 Å². The lowest BCUT2D eigenvalue weighted by molar-refractivity contribution is 0.279. The van der Waals surface area contributed by atoms with E-state index < -0.39 is 6.17 Å². The molecule has 32 heavy (non-hydrogen) atoms. The minimum Gasteiger partial charge on any atom is -0.370 e. The van der Waals surface area contributed by atoms with E-state index in [1.807, 2.05) is 0 Å². The smallest absolute Gasteiger partial charge is 0.114 e. The van der Waals surface area contributed by atoms with Gasteiger partial charge in [0.2, 0.25) is 0 Å². The molecule has 2 heterocycles. The maximum Gasteiger partial charge on any atom is 0.114 e. The van der Waals surface area contributed by atoms with Crippen molar-refractivity contribution < 1.29 is 8.78 Å². The molecule has 0 radical (unpaired) electrons. The lowest BCUT2D eigenvalue weighted by Gasteiger charge is -2.44. The number of nitrogens with one attached hydrogen (secondary N) is 4. The third kappa shape index (κ3) is 4.98. The molecule has 2 aliphatic heterocycles. The summed E-state index contributed by atoms with van der Waals surface area (Å²) in [6.07, 6.45) is 12.0. The summed E-state index contributed by atoms with van der Waals surface area (Å²) in [6.45, 7) is 1.92. The molecule has 176 valence electrons. The minimum atomic E-state index is -0.674. The second kappa shape index (κ2) is 9.96. The van der Waals surface area contributed by atoms with Crippen molar-refractivity contribution >= 4 is 11.6 Å². The number of allylic oxidation sites excluding steroid dienone is 4. The van der Waals surface area contributed by atoms with Crippen molar-refractivity contribution in [2.24, 2.45) is 5.92 Å². The Morgan fingerprint density at radius 1 is 1.03 bits per heavy atom. The van der Waals surface area contributed by atoms with Crippen LogP contribution in [0.2, 0.25) is 0 Å². The lowest BCUT2D eigenvalue weighted by atomic mass is 9.76. The number of rotatable bonds is 4. The van der Waals surface area contributed by atoms with Crippen molar-refractivity contribution in [1.29, 1.82) is 0 Å². The molecule has 5 atom stereocenters. The zero-order valence-corrected chi connectivity index (χ0v) is 19.4. The van der Waals surface area contributed by atoms with Crippen LogP contribution in [0.5, 0.6) is 0 Å². The van der Waals surface area contributed by atoms with E-state index in [0.717, 1.165) is 51.6 Å². The molecule has 0 bridgehead atoms. The molecule has 5 rings (SSSR count). The summed E-state index contributed by atoms with van der Waals surface area (Å²) in [5.41, 5.74) is 5.53. The standard InChI is InChI=1S/C25H35ClF2N4/c26-21-13-19(8-9-22(21)28)30-25-20-12-16(15-3-6-18(27)7-4-15)5-10-23(20)31-24(32-25)17-2-1-11-29-14-17/h2-3,16,18-19,24-25,29-32H,1,4-14H2/t16-,18+,19+,24+,25+/m1/s1. The van der Waals surface area contributed by atoms with E-state index in [4.69, 9.17) is 11.6 Å². The second-order valence-corrected chi connectivity index (χ2v) is 10.4. The lowest BCUT2D eigenvalue weighted by Crippen LogP contribution is -2.62. The van der Waals surface area contributed by atoms with Gasteiger partial charge in [-0.1, -0.05) is 29.3 Å². The van der Waals surface area contributed by atoms with Crippen LogP contribution in [0.25, 0.3) is 0 Å². The molecule has 5 aliphatic rings. The highest BCUT2D eigenvalue weighted by Gasteiger charge is 2.36. The van der Waals surface area contributed by atoms with Crippen LogP contribution in [0.4, 0.5) is 8.78 Å². The number of halogens is 3. The fourth-order valence-corrected chi connectivity index (χ4v) is 6.18. The molecule has 0 aromatic carbocycles. The fourth-order valence-electron chi connectivity index (χ4n) is 5.90. The average molecular weight is 465 g/mol. The summed E-state index contributed by atoms with van der Waals surface area (Å²) >= 11 is 6.17. The van der Waals surface area contributed by atoms with Crippen molar-refractivity contribution in [3.8, 4) is 0 Å². The molecule has 0 saturated carbocycles. The molecule has 0 aromatic heterocycles. The summed E-state index contributed by atoms with van der Waals surface area (Å²) in [7, 11) is 0. The Hall–Kier alpha value is -1.21. The van der Waals surface area contributed by atoms with Gasteiger partial charge in [0.05, 0.1) is 11.2 Å². The van der Waals surface area contributed by atoms with E-state index in [-0.39, 0.29) is 24.2 Å². The van der Waals surface area contributed by atoms with Crippen LogP contribution < -0.4 is 21.3 Å². The molecular formula is C25H35ClF2N4. The monoisotopic (exact) mass is 464 g/mol. The van der Waals surface area contributed by atoms with Crippen LogP contribution in [-0.4, -0.2) is 37.6 Å². The number of alkyl halides is 1. The summed E-state index contributed by atoms with van der Waals surface area (Å²) in [5.74, 6) is 0.334. The van der Waals surface area contributed by atoms with E-state index >= 15 is 0 Å². The van der Waals surface area contributed by atoms with Crippen molar-refractivity contribution in [3.05, 3.63) is 45.4 Å². The molecule has 0 spiro atoms. The predicted octanol–water partition coefficient (Wildman–Crippen LogP) is 4.82.